The predicted octanol–water partition coefficient (Wildman–Crippen LogP) is 2.45. The lowest BCUT2D eigenvalue weighted by Crippen LogP contribution is -2.31. The summed E-state index contributed by atoms with van der Waals surface area (Å²) in [5, 5.41) is 11.1. The number of nitrogens with zero attached hydrogens (tertiary/aromatic N) is 2. The topological polar surface area (TPSA) is 36.4 Å². The maximum atomic E-state index is 9.97. The van der Waals surface area contributed by atoms with Crippen molar-refractivity contribution in [2.75, 3.05) is 23.5 Å². The van der Waals surface area contributed by atoms with E-state index in [9.17, 15) is 5.11 Å². The molecule has 0 bridgehead atoms. The van der Waals surface area contributed by atoms with E-state index in [0.717, 1.165) is 35.0 Å². The molecule has 0 radical (unpaired) electrons. The molecule has 2 aliphatic rings. The Morgan fingerprint density at radius 1 is 1.41 bits per heavy atom. The van der Waals surface area contributed by atoms with E-state index in [0.29, 0.717) is 6.04 Å². The van der Waals surface area contributed by atoms with E-state index >= 15 is 0 Å². The van der Waals surface area contributed by atoms with Crippen LogP contribution in [0, 0.1) is 0 Å². The molecule has 1 aromatic rings. The number of aliphatic hydroxyl groups excluding tert-OH is 1. The molecule has 2 unspecified atom stereocenters. The Balaban J connectivity index is 1.83. The average Bonchev–Trinajstić information content (AvgIpc) is 2.98. The first-order valence-corrected chi connectivity index (χ1v) is 8.21. The molecular formula is C12H18N2OS2. The van der Waals surface area contributed by atoms with Crippen molar-refractivity contribution in [1.82, 2.24) is 4.98 Å². The van der Waals surface area contributed by atoms with Crippen LogP contribution < -0.4 is 4.90 Å². The number of thiazole rings is 1. The van der Waals surface area contributed by atoms with Crippen LogP contribution in [0.3, 0.4) is 0 Å². The van der Waals surface area contributed by atoms with E-state index < -0.39 is 0 Å². The van der Waals surface area contributed by atoms with Gasteiger partial charge in [0.1, 0.15) is 0 Å². The monoisotopic (exact) mass is 270 g/mol. The summed E-state index contributed by atoms with van der Waals surface area (Å²) in [4.78, 5) is 8.15. The van der Waals surface area contributed by atoms with Crippen molar-refractivity contribution in [1.29, 1.82) is 0 Å². The minimum atomic E-state index is -0.267. The number of hydrogen-bond acceptors (Lipinski definition) is 5. The zero-order valence-corrected chi connectivity index (χ0v) is 11.7. The normalized spacial score (nSPS) is 28.1. The third-order valence-electron chi connectivity index (χ3n) is 3.67. The Morgan fingerprint density at radius 3 is 3.00 bits per heavy atom. The summed E-state index contributed by atoms with van der Waals surface area (Å²) in [6, 6.07) is 0.629. The van der Waals surface area contributed by atoms with E-state index in [1.165, 1.54) is 17.9 Å². The van der Waals surface area contributed by atoms with Gasteiger partial charge in [-0.15, -0.1) is 0 Å². The van der Waals surface area contributed by atoms with Gasteiger partial charge in [0.25, 0.3) is 0 Å². The highest BCUT2D eigenvalue weighted by molar-refractivity contribution is 7.99. The summed E-state index contributed by atoms with van der Waals surface area (Å²) in [6.45, 7) is 0. The van der Waals surface area contributed by atoms with E-state index in [1.54, 1.807) is 11.3 Å². The summed E-state index contributed by atoms with van der Waals surface area (Å²) in [5.74, 6) is 2.48. The van der Waals surface area contributed by atoms with Crippen LogP contribution in [-0.4, -0.2) is 34.7 Å². The molecule has 0 saturated carbocycles. The Morgan fingerprint density at radius 2 is 2.29 bits per heavy atom. The molecule has 0 spiro atoms. The molecule has 1 aromatic heterocycles. The number of aliphatic hydroxyl groups is 1. The fourth-order valence-corrected chi connectivity index (χ4v) is 4.95. The third-order valence-corrected chi connectivity index (χ3v) is 6.10. The molecule has 2 heterocycles. The van der Waals surface area contributed by atoms with Gasteiger partial charge < -0.3 is 10.0 Å². The van der Waals surface area contributed by atoms with Gasteiger partial charge >= 0.3 is 0 Å². The number of aromatic nitrogens is 1. The molecule has 0 aromatic carbocycles. The second-order valence-electron chi connectivity index (χ2n) is 4.84. The smallest absolute Gasteiger partial charge is 0.185 e. The lowest BCUT2D eigenvalue weighted by molar-refractivity contribution is 0.160. The molecule has 1 N–H and O–H groups in total. The third kappa shape index (κ3) is 2.20. The molecule has 1 fully saturated rings. The van der Waals surface area contributed by atoms with Crippen molar-refractivity contribution >= 4 is 28.2 Å². The quantitative estimate of drug-likeness (QED) is 0.895. The number of anilines is 1. The molecule has 2 atom stereocenters. The van der Waals surface area contributed by atoms with Crippen molar-refractivity contribution in [2.24, 2.45) is 0 Å². The van der Waals surface area contributed by atoms with Gasteiger partial charge in [-0.1, -0.05) is 11.3 Å². The standard InChI is InChI=1S/C12H18N2OS2/c1-14(8-5-6-16-7-8)12-13-9-3-2-4-10(15)11(9)17-12/h8,10,15H,2-7H2,1H3. The summed E-state index contributed by atoms with van der Waals surface area (Å²) >= 11 is 3.72. The molecule has 17 heavy (non-hydrogen) atoms. The van der Waals surface area contributed by atoms with Gasteiger partial charge in [-0.2, -0.15) is 11.8 Å². The first kappa shape index (κ1) is 11.8. The fourth-order valence-electron chi connectivity index (χ4n) is 2.52. The van der Waals surface area contributed by atoms with Gasteiger partial charge in [-0.3, -0.25) is 0 Å². The Kier molecular flexibility index (Phi) is 3.32. The lowest BCUT2D eigenvalue weighted by atomic mass is 10.0. The van der Waals surface area contributed by atoms with Crippen LogP contribution in [-0.2, 0) is 6.42 Å². The number of hydrogen-bond donors (Lipinski definition) is 1. The second kappa shape index (κ2) is 4.78. The van der Waals surface area contributed by atoms with Gasteiger partial charge in [-0.25, -0.2) is 4.98 Å². The minimum absolute atomic E-state index is 0.267. The zero-order chi connectivity index (χ0) is 11.8. The molecular weight excluding hydrogens is 252 g/mol. The fraction of sp³-hybridized carbons (Fsp3) is 0.750. The van der Waals surface area contributed by atoms with Crippen molar-refractivity contribution in [3.05, 3.63) is 10.6 Å². The largest absolute Gasteiger partial charge is 0.388 e. The Labute approximate surface area is 110 Å². The average molecular weight is 270 g/mol. The van der Waals surface area contributed by atoms with Crippen molar-refractivity contribution < 1.29 is 5.11 Å². The first-order chi connectivity index (χ1) is 8.25. The van der Waals surface area contributed by atoms with E-state index in [-0.39, 0.29) is 6.10 Å². The van der Waals surface area contributed by atoms with E-state index in [2.05, 4.69) is 11.9 Å². The number of fused-ring (bicyclic) bond motifs is 1. The molecule has 3 nitrogen and oxygen atoms in total. The van der Waals surface area contributed by atoms with E-state index in [4.69, 9.17) is 4.98 Å². The van der Waals surface area contributed by atoms with Crippen LogP contribution in [0.15, 0.2) is 0 Å². The van der Waals surface area contributed by atoms with Crippen molar-refractivity contribution in [3.63, 3.8) is 0 Å². The SMILES string of the molecule is CN(c1nc2c(s1)C(O)CCC2)C1CCSC1. The van der Waals surface area contributed by atoms with Crippen LogP contribution in [0.25, 0.3) is 0 Å². The highest BCUT2D eigenvalue weighted by Gasteiger charge is 2.27. The molecule has 94 valence electrons. The second-order valence-corrected chi connectivity index (χ2v) is 7.00. The number of thioether (sulfide) groups is 1. The minimum Gasteiger partial charge on any atom is -0.388 e. The molecule has 1 aliphatic carbocycles. The van der Waals surface area contributed by atoms with Crippen LogP contribution >= 0.6 is 23.1 Å². The summed E-state index contributed by atoms with van der Waals surface area (Å²) in [6.07, 6.45) is 4.00. The number of aryl methyl sites for hydroxylation is 1. The maximum absolute atomic E-state index is 9.97. The molecule has 3 rings (SSSR count). The highest BCUT2D eigenvalue weighted by atomic mass is 32.2. The zero-order valence-electron chi connectivity index (χ0n) is 10.1. The van der Waals surface area contributed by atoms with Crippen LogP contribution in [0.1, 0.15) is 35.9 Å². The predicted molar refractivity (Wildman–Crippen MR) is 74.1 cm³/mol. The van der Waals surface area contributed by atoms with Crippen LogP contribution in [0.5, 0.6) is 0 Å². The summed E-state index contributed by atoms with van der Waals surface area (Å²) in [5.41, 5.74) is 1.14. The molecule has 0 amide bonds. The lowest BCUT2D eigenvalue weighted by Gasteiger charge is -2.22. The maximum Gasteiger partial charge on any atom is 0.185 e. The van der Waals surface area contributed by atoms with Crippen molar-refractivity contribution in [3.8, 4) is 0 Å². The van der Waals surface area contributed by atoms with E-state index in [1.807, 2.05) is 11.8 Å². The highest BCUT2D eigenvalue weighted by Crippen LogP contribution is 2.38. The van der Waals surface area contributed by atoms with Crippen molar-refractivity contribution in [2.45, 2.75) is 37.8 Å². The van der Waals surface area contributed by atoms with Gasteiger partial charge in [0.05, 0.1) is 16.7 Å². The molecule has 1 saturated heterocycles. The number of rotatable bonds is 2. The Bertz CT molecular complexity index is 401. The van der Waals surface area contributed by atoms with Crippen LogP contribution in [0.2, 0.25) is 0 Å². The summed E-state index contributed by atoms with van der Waals surface area (Å²) in [7, 11) is 2.15. The van der Waals surface area contributed by atoms with Gasteiger partial charge in [0, 0.05) is 18.8 Å². The van der Waals surface area contributed by atoms with Gasteiger partial charge in [0.15, 0.2) is 5.13 Å². The Hall–Kier alpha value is -0.260. The van der Waals surface area contributed by atoms with Gasteiger partial charge in [-0.05, 0) is 31.4 Å². The first-order valence-electron chi connectivity index (χ1n) is 6.24. The van der Waals surface area contributed by atoms with Crippen LogP contribution in [0.4, 0.5) is 5.13 Å². The summed E-state index contributed by atoms with van der Waals surface area (Å²) < 4.78 is 0. The molecule has 5 heteroatoms. The van der Waals surface area contributed by atoms with Gasteiger partial charge in [0.2, 0.25) is 0 Å². The molecule has 1 aliphatic heterocycles.